The van der Waals surface area contributed by atoms with E-state index in [1.165, 1.54) is 6.07 Å². The van der Waals surface area contributed by atoms with Crippen LogP contribution in [0.3, 0.4) is 0 Å². The molecule has 1 fully saturated rings. The summed E-state index contributed by atoms with van der Waals surface area (Å²) in [5.41, 5.74) is 0.0393. The summed E-state index contributed by atoms with van der Waals surface area (Å²) >= 11 is 3.18. The lowest BCUT2D eigenvalue weighted by Gasteiger charge is -2.26. The average Bonchev–Trinajstić information content (AvgIpc) is 2.75. The van der Waals surface area contributed by atoms with Crippen LogP contribution in [-0.2, 0) is 6.18 Å². The van der Waals surface area contributed by atoms with Gasteiger partial charge in [-0.05, 0) is 47.0 Å². The van der Waals surface area contributed by atoms with Gasteiger partial charge >= 0.3 is 6.18 Å². The molecule has 1 aromatic rings. The van der Waals surface area contributed by atoms with Crippen molar-refractivity contribution >= 4 is 21.6 Å². The average molecular weight is 324 g/mol. The van der Waals surface area contributed by atoms with E-state index in [-0.39, 0.29) is 12.6 Å². The molecular formula is C12H13BrF3NO. The zero-order valence-electron chi connectivity index (χ0n) is 9.54. The summed E-state index contributed by atoms with van der Waals surface area (Å²) < 4.78 is 38.1. The first-order chi connectivity index (χ1) is 8.43. The molecule has 1 aromatic carbocycles. The normalized spacial score (nSPS) is 20.5. The van der Waals surface area contributed by atoms with E-state index < -0.39 is 11.7 Å². The number of alkyl halides is 3. The first kappa shape index (κ1) is 13.7. The number of aliphatic hydroxyl groups excluding tert-OH is 1. The molecule has 0 bridgehead atoms. The molecule has 0 aliphatic carbocycles. The lowest BCUT2D eigenvalue weighted by Crippen LogP contribution is -2.32. The molecule has 18 heavy (non-hydrogen) atoms. The second-order valence-electron chi connectivity index (χ2n) is 4.34. The largest absolute Gasteiger partial charge is 0.416 e. The molecule has 1 atom stereocenters. The van der Waals surface area contributed by atoms with Crippen molar-refractivity contribution < 1.29 is 18.3 Å². The maximum atomic E-state index is 12.5. The van der Waals surface area contributed by atoms with Gasteiger partial charge in [0, 0.05) is 11.0 Å². The van der Waals surface area contributed by atoms with Crippen molar-refractivity contribution in [1.29, 1.82) is 0 Å². The predicted molar refractivity (Wildman–Crippen MR) is 66.6 cm³/mol. The molecule has 0 radical (unpaired) electrons. The Bertz CT molecular complexity index is 436. The Morgan fingerprint density at radius 3 is 2.67 bits per heavy atom. The molecule has 1 heterocycles. The Labute approximate surface area is 112 Å². The van der Waals surface area contributed by atoms with Crippen LogP contribution >= 0.6 is 15.9 Å². The van der Waals surface area contributed by atoms with Crippen LogP contribution in [0.4, 0.5) is 18.9 Å². The molecular weight excluding hydrogens is 311 g/mol. The van der Waals surface area contributed by atoms with Crippen molar-refractivity contribution in [2.45, 2.75) is 25.1 Å². The van der Waals surface area contributed by atoms with Crippen LogP contribution in [-0.4, -0.2) is 24.3 Å². The number of anilines is 1. The van der Waals surface area contributed by atoms with Gasteiger partial charge in [-0.25, -0.2) is 0 Å². The third-order valence-electron chi connectivity index (χ3n) is 3.17. The SMILES string of the molecule is OCC1CCCN1c1ccc(C(F)(F)F)cc1Br. The molecule has 6 heteroatoms. The lowest BCUT2D eigenvalue weighted by atomic mass is 10.1. The van der Waals surface area contributed by atoms with Gasteiger partial charge in [0.25, 0.3) is 0 Å². The van der Waals surface area contributed by atoms with E-state index in [9.17, 15) is 18.3 Å². The van der Waals surface area contributed by atoms with Crippen molar-refractivity contribution in [2.24, 2.45) is 0 Å². The summed E-state index contributed by atoms with van der Waals surface area (Å²) in [6, 6.07) is 3.62. The maximum absolute atomic E-state index is 12.5. The molecule has 0 aromatic heterocycles. The zero-order chi connectivity index (χ0) is 13.3. The molecule has 2 nitrogen and oxygen atoms in total. The molecule has 2 rings (SSSR count). The molecule has 1 saturated heterocycles. The molecule has 0 amide bonds. The number of rotatable bonds is 2. The summed E-state index contributed by atoms with van der Waals surface area (Å²) in [6.45, 7) is 0.780. The minimum absolute atomic E-state index is 0.00182. The van der Waals surface area contributed by atoms with Crippen LogP contribution in [0.5, 0.6) is 0 Å². The topological polar surface area (TPSA) is 23.5 Å². The molecule has 100 valence electrons. The van der Waals surface area contributed by atoms with Crippen molar-refractivity contribution in [3.05, 3.63) is 28.2 Å². The Kier molecular flexibility index (Phi) is 3.87. The number of hydrogen-bond donors (Lipinski definition) is 1. The monoisotopic (exact) mass is 323 g/mol. The molecule has 0 saturated carbocycles. The van der Waals surface area contributed by atoms with E-state index in [2.05, 4.69) is 15.9 Å². The van der Waals surface area contributed by atoms with Gasteiger partial charge < -0.3 is 10.0 Å². The maximum Gasteiger partial charge on any atom is 0.416 e. The highest BCUT2D eigenvalue weighted by atomic mass is 79.9. The molecule has 1 N–H and O–H groups in total. The summed E-state index contributed by atoms with van der Waals surface area (Å²) in [5.74, 6) is 0. The fourth-order valence-electron chi connectivity index (χ4n) is 2.26. The third-order valence-corrected chi connectivity index (χ3v) is 3.81. The van der Waals surface area contributed by atoms with E-state index in [1.54, 1.807) is 0 Å². The molecule has 1 aliphatic heterocycles. The fourth-order valence-corrected chi connectivity index (χ4v) is 2.87. The summed E-state index contributed by atoms with van der Waals surface area (Å²) in [7, 11) is 0. The van der Waals surface area contributed by atoms with E-state index in [1.807, 2.05) is 4.90 Å². The van der Waals surface area contributed by atoms with Crippen LogP contribution in [0.15, 0.2) is 22.7 Å². The Balaban J connectivity index is 2.30. The first-order valence-electron chi connectivity index (χ1n) is 5.67. The van der Waals surface area contributed by atoms with E-state index in [4.69, 9.17) is 0 Å². The van der Waals surface area contributed by atoms with Gasteiger partial charge in [0.15, 0.2) is 0 Å². The standard InChI is InChI=1S/C12H13BrF3NO/c13-10-6-8(12(14,15)16)3-4-11(10)17-5-1-2-9(17)7-18/h3-4,6,9,18H,1-2,5,7H2. The highest BCUT2D eigenvalue weighted by Crippen LogP contribution is 2.37. The van der Waals surface area contributed by atoms with Crippen LogP contribution in [0, 0.1) is 0 Å². The number of aliphatic hydroxyl groups is 1. The molecule has 1 unspecified atom stereocenters. The summed E-state index contributed by atoms with van der Waals surface area (Å²) in [5, 5.41) is 9.24. The van der Waals surface area contributed by atoms with Crippen LogP contribution < -0.4 is 4.90 Å². The smallest absolute Gasteiger partial charge is 0.394 e. The van der Waals surface area contributed by atoms with Gasteiger partial charge in [0.2, 0.25) is 0 Å². The Morgan fingerprint density at radius 1 is 1.39 bits per heavy atom. The van der Waals surface area contributed by atoms with Gasteiger partial charge in [-0.2, -0.15) is 13.2 Å². The third kappa shape index (κ3) is 2.64. The van der Waals surface area contributed by atoms with Gasteiger partial charge in [-0.1, -0.05) is 0 Å². The van der Waals surface area contributed by atoms with Gasteiger partial charge in [-0.15, -0.1) is 0 Å². The van der Waals surface area contributed by atoms with Gasteiger partial charge in [-0.3, -0.25) is 0 Å². The number of benzene rings is 1. The minimum atomic E-state index is -4.33. The van der Waals surface area contributed by atoms with Crippen molar-refractivity contribution in [1.82, 2.24) is 0 Å². The highest BCUT2D eigenvalue weighted by Gasteiger charge is 2.32. The summed E-state index contributed by atoms with van der Waals surface area (Å²) in [4.78, 5) is 1.95. The second-order valence-corrected chi connectivity index (χ2v) is 5.19. The highest BCUT2D eigenvalue weighted by molar-refractivity contribution is 9.10. The van der Waals surface area contributed by atoms with Crippen LogP contribution in [0.2, 0.25) is 0 Å². The zero-order valence-corrected chi connectivity index (χ0v) is 11.1. The second kappa shape index (κ2) is 5.09. The van der Waals surface area contributed by atoms with Crippen molar-refractivity contribution in [3.63, 3.8) is 0 Å². The lowest BCUT2D eigenvalue weighted by molar-refractivity contribution is -0.137. The summed E-state index contributed by atoms with van der Waals surface area (Å²) in [6.07, 6.45) is -2.52. The van der Waals surface area contributed by atoms with E-state index in [0.29, 0.717) is 10.2 Å². The van der Waals surface area contributed by atoms with E-state index >= 15 is 0 Å². The Morgan fingerprint density at radius 2 is 2.11 bits per heavy atom. The number of hydrogen-bond acceptors (Lipinski definition) is 2. The van der Waals surface area contributed by atoms with E-state index in [0.717, 1.165) is 31.5 Å². The number of nitrogens with zero attached hydrogens (tertiary/aromatic N) is 1. The minimum Gasteiger partial charge on any atom is -0.394 e. The van der Waals surface area contributed by atoms with Gasteiger partial charge in [0.05, 0.1) is 23.9 Å². The van der Waals surface area contributed by atoms with Crippen molar-refractivity contribution in [3.8, 4) is 0 Å². The van der Waals surface area contributed by atoms with Crippen LogP contribution in [0.25, 0.3) is 0 Å². The van der Waals surface area contributed by atoms with Crippen molar-refractivity contribution in [2.75, 3.05) is 18.1 Å². The Hall–Kier alpha value is -0.750. The quantitative estimate of drug-likeness (QED) is 0.901. The number of halogens is 4. The van der Waals surface area contributed by atoms with Crippen LogP contribution in [0.1, 0.15) is 18.4 Å². The first-order valence-corrected chi connectivity index (χ1v) is 6.47. The predicted octanol–water partition coefficient (Wildman–Crippen LogP) is 3.43. The molecule has 1 aliphatic rings. The van der Waals surface area contributed by atoms with Gasteiger partial charge in [0.1, 0.15) is 0 Å². The fraction of sp³-hybridized carbons (Fsp3) is 0.500. The molecule has 0 spiro atoms.